The van der Waals surface area contributed by atoms with Crippen LogP contribution >= 0.6 is 11.3 Å². The molecule has 2 aromatic carbocycles. The molecule has 5 nitrogen and oxygen atoms in total. The van der Waals surface area contributed by atoms with Crippen LogP contribution in [0.15, 0.2) is 77.5 Å². The van der Waals surface area contributed by atoms with Crippen molar-refractivity contribution in [1.29, 1.82) is 0 Å². The Labute approximate surface area is 163 Å². The molecule has 6 heteroatoms. The quantitative estimate of drug-likeness (QED) is 0.634. The van der Waals surface area contributed by atoms with Gasteiger partial charge in [0.05, 0.1) is 5.97 Å². The van der Waals surface area contributed by atoms with Gasteiger partial charge in [-0.2, -0.15) is 11.3 Å². The van der Waals surface area contributed by atoms with E-state index < -0.39 is 12.1 Å². The summed E-state index contributed by atoms with van der Waals surface area (Å²) in [6.45, 7) is 1.93. The van der Waals surface area contributed by atoms with Crippen molar-refractivity contribution in [2.45, 2.75) is 19.1 Å². The molecule has 0 unspecified atom stereocenters. The van der Waals surface area contributed by atoms with Gasteiger partial charge in [-0.05, 0) is 29.3 Å². The molecule has 3 rings (SSSR count). The predicted molar refractivity (Wildman–Crippen MR) is 105 cm³/mol. The van der Waals surface area contributed by atoms with Crippen molar-refractivity contribution in [1.82, 2.24) is 0 Å². The zero-order chi connectivity index (χ0) is 20.1. The van der Waals surface area contributed by atoms with Gasteiger partial charge in [0.2, 0.25) is 0 Å². The Morgan fingerprint density at radius 1 is 1.04 bits per heavy atom. The lowest BCUT2D eigenvalue weighted by atomic mass is 9.97. The highest BCUT2D eigenvalue weighted by Crippen LogP contribution is 2.24. The molecule has 1 heterocycles. The number of carbonyl (C=O) groups is 1. The van der Waals surface area contributed by atoms with E-state index in [0.717, 1.165) is 11.1 Å². The Kier molecular flexibility index (Phi) is 10.7. The average molecular weight is 388 g/mol. The third kappa shape index (κ3) is 8.15. The number of hydrogen-bond donors (Lipinski definition) is 3. The number of carbonyl (C=O) groups excluding carboxylic acids is 1. The van der Waals surface area contributed by atoms with Crippen LogP contribution in [0.5, 0.6) is 0 Å². The van der Waals surface area contributed by atoms with Crippen LogP contribution in [-0.2, 0) is 0 Å². The highest BCUT2D eigenvalue weighted by Gasteiger charge is 2.21. The number of benzene rings is 2. The van der Waals surface area contributed by atoms with Crippen LogP contribution < -0.4 is 10.8 Å². The smallest absolute Gasteiger partial charge is 0.140 e. The van der Waals surface area contributed by atoms with Gasteiger partial charge in [-0.25, -0.2) is 0 Å². The third-order valence-corrected chi connectivity index (χ3v) is 4.19. The predicted octanol–water partition coefficient (Wildman–Crippen LogP) is 1.81. The number of carboxylic acid groups (broad SMARTS) is 1. The number of carboxylic acids is 1. The zero-order valence-corrected chi connectivity index (χ0v) is 16.0. The van der Waals surface area contributed by atoms with Crippen molar-refractivity contribution in [3.8, 4) is 0 Å². The van der Waals surface area contributed by atoms with E-state index in [1.807, 2.05) is 60.7 Å². The summed E-state index contributed by atoms with van der Waals surface area (Å²) in [6, 6.07) is 20.9. The second kappa shape index (κ2) is 12.8. The van der Waals surface area contributed by atoms with Gasteiger partial charge in [-0.15, -0.1) is 0 Å². The lowest BCUT2D eigenvalue weighted by Crippen LogP contribution is -2.56. The fourth-order valence-electron chi connectivity index (χ4n) is 2.15. The molecule has 5 N–H and O–H groups in total. The lowest BCUT2D eigenvalue weighted by molar-refractivity contribution is -0.446. The molecule has 3 aromatic rings. The summed E-state index contributed by atoms with van der Waals surface area (Å²) in [5.74, 6) is -1.11. The summed E-state index contributed by atoms with van der Waals surface area (Å²) < 4.78 is 0. The van der Waals surface area contributed by atoms with Crippen molar-refractivity contribution >= 4 is 17.3 Å². The normalized spacial score (nSPS) is 11.9. The van der Waals surface area contributed by atoms with E-state index in [4.69, 9.17) is 5.11 Å². The van der Waals surface area contributed by atoms with Gasteiger partial charge in [0.25, 0.3) is 0 Å². The van der Waals surface area contributed by atoms with Crippen LogP contribution in [0.3, 0.4) is 0 Å². The molecule has 1 aromatic heterocycles. The van der Waals surface area contributed by atoms with Crippen LogP contribution in [0.2, 0.25) is 0 Å². The van der Waals surface area contributed by atoms with E-state index in [1.54, 1.807) is 12.3 Å². The summed E-state index contributed by atoms with van der Waals surface area (Å²) in [4.78, 5) is 9.96. The largest absolute Gasteiger partial charge is 0.545 e. The zero-order valence-electron chi connectivity index (χ0n) is 15.2. The number of quaternary nitrogens is 1. The van der Waals surface area contributed by atoms with Gasteiger partial charge in [-0.1, -0.05) is 60.7 Å². The molecular weight excluding hydrogens is 362 g/mol. The lowest BCUT2D eigenvalue weighted by Gasteiger charge is -2.16. The molecule has 0 bridgehead atoms. The van der Waals surface area contributed by atoms with Gasteiger partial charge in [0, 0.05) is 17.7 Å². The Balaban J connectivity index is 0.000000277. The molecule has 0 saturated heterocycles. The van der Waals surface area contributed by atoms with Crippen molar-refractivity contribution in [3.05, 3.63) is 94.2 Å². The standard InChI is InChI=1S/C14H15NO.C5H4O2S.C2H6O/c15-13(11-7-3-1-4-8-11)14(16)12-9-5-2-6-10-12;6-5(7)4-1-2-8-3-4;1-2-3/h1-10,13-14,16H,15H2;1-3H,(H,6,7);3H,2H2,1H3/t13-,14+;;/m0../s1. The number of thiophene rings is 1. The first-order chi connectivity index (χ1) is 13.0. The maximum atomic E-state index is 10.2. The minimum atomic E-state index is -1.11. The van der Waals surface area contributed by atoms with Gasteiger partial charge in [0.15, 0.2) is 0 Å². The van der Waals surface area contributed by atoms with Crippen molar-refractivity contribution in [2.75, 3.05) is 6.61 Å². The molecule has 0 radical (unpaired) electrons. The Hall–Kier alpha value is -2.51. The van der Waals surface area contributed by atoms with Crippen LogP contribution in [0, 0.1) is 0 Å². The molecule has 0 aliphatic rings. The summed E-state index contributed by atoms with van der Waals surface area (Å²) >= 11 is 1.35. The fourth-order valence-corrected chi connectivity index (χ4v) is 2.77. The Morgan fingerprint density at radius 2 is 1.52 bits per heavy atom. The SMILES string of the molecule is CCO.O=C([O-])c1ccsc1.[NH3+][C@@H](c1ccccc1)[C@H](O)c1ccccc1. The highest BCUT2D eigenvalue weighted by atomic mass is 32.1. The van der Waals surface area contributed by atoms with E-state index in [-0.39, 0.29) is 18.2 Å². The summed E-state index contributed by atoms with van der Waals surface area (Å²) in [5.41, 5.74) is 6.26. The molecular formula is C21H25NO4S. The molecule has 144 valence electrons. The number of aliphatic hydroxyl groups excluding tert-OH is 2. The topological polar surface area (TPSA) is 108 Å². The first-order valence-electron chi connectivity index (χ1n) is 8.46. The van der Waals surface area contributed by atoms with Crippen molar-refractivity contribution in [3.63, 3.8) is 0 Å². The molecule has 0 fully saturated rings. The van der Waals surface area contributed by atoms with Crippen molar-refractivity contribution in [2.24, 2.45) is 0 Å². The van der Waals surface area contributed by atoms with E-state index >= 15 is 0 Å². The maximum Gasteiger partial charge on any atom is 0.140 e. The van der Waals surface area contributed by atoms with Gasteiger partial charge >= 0.3 is 0 Å². The molecule has 27 heavy (non-hydrogen) atoms. The van der Waals surface area contributed by atoms with Crippen LogP contribution in [-0.4, -0.2) is 22.8 Å². The summed E-state index contributed by atoms with van der Waals surface area (Å²) in [6.07, 6.45) is -0.552. The van der Waals surface area contributed by atoms with Crippen LogP contribution in [0.4, 0.5) is 0 Å². The van der Waals surface area contributed by atoms with Crippen molar-refractivity contribution < 1.29 is 25.8 Å². The van der Waals surface area contributed by atoms with E-state index in [9.17, 15) is 15.0 Å². The molecule has 0 spiro atoms. The minimum absolute atomic E-state index is 0.136. The number of aromatic carboxylic acids is 1. The van der Waals surface area contributed by atoms with Crippen LogP contribution in [0.1, 0.15) is 40.6 Å². The molecule has 2 atom stereocenters. The van der Waals surface area contributed by atoms with Gasteiger partial charge in [0.1, 0.15) is 12.1 Å². The molecule has 0 saturated carbocycles. The fraction of sp³-hybridized carbons (Fsp3) is 0.190. The average Bonchev–Trinajstić information content (AvgIpc) is 3.25. The number of hydrogen-bond acceptors (Lipinski definition) is 5. The second-order valence-electron chi connectivity index (χ2n) is 5.49. The summed E-state index contributed by atoms with van der Waals surface area (Å²) in [5, 5.41) is 30.9. The van der Waals surface area contributed by atoms with Gasteiger partial charge < -0.3 is 25.8 Å². The number of rotatable bonds is 4. The minimum Gasteiger partial charge on any atom is -0.545 e. The van der Waals surface area contributed by atoms with E-state index in [0.29, 0.717) is 0 Å². The first kappa shape index (κ1) is 22.5. The Bertz CT molecular complexity index is 705. The molecule has 0 aliphatic carbocycles. The summed E-state index contributed by atoms with van der Waals surface area (Å²) in [7, 11) is 0. The van der Waals surface area contributed by atoms with E-state index in [1.165, 1.54) is 22.8 Å². The van der Waals surface area contributed by atoms with E-state index in [2.05, 4.69) is 5.73 Å². The first-order valence-corrected chi connectivity index (χ1v) is 9.40. The third-order valence-electron chi connectivity index (χ3n) is 3.51. The van der Waals surface area contributed by atoms with Crippen LogP contribution in [0.25, 0.3) is 0 Å². The second-order valence-corrected chi connectivity index (χ2v) is 6.27. The number of aliphatic hydroxyl groups is 2. The van der Waals surface area contributed by atoms with Gasteiger partial charge in [-0.3, -0.25) is 0 Å². The molecule has 0 aliphatic heterocycles. The highest BCUT2D eigenvalue weighted by molar-refractivity contribution is 7.08. The Morgan fingerprint density at radius 3 is 1.89 bits per heavy atom. The molecule has 0 amide bonds. The maximum absolute atomic E-state index is 10.2. The monoisotopic (exact) mass is 387 g/mol.